The van der Waals surface area contributed by atoms with Gasteiger partial charge in [0, 0.05) is 5.69 Å². The van der Waals surface area contributed by atoms with E-state index in [1.54, 1.807) is 54.6 Å². The number of benzene rings is 3. The predicted molar refractivity (Wildman–Crippen MR) is 99.0 cm³/mol. The Kier molecular flexibility index (Phi) is 5.74. The number of nitrogens with one attached hydrogen (secondary N) is 1. The molecular weight excluding hydrogens is 369 g/mol. The lowest BCUT2D eigenvalue weighted by Crippen LogP contribution is -2.39. The highest BCUT2D eigenvalue weighted by atomic mass is 19.2. The summed E-state index contributed by atoms with van der Waals surface area (Å²) in [6.07, 6.45) is 0. The first-order valence-electron chi connectivity index (χ1n) is 8.32. The van der Waals surface area contributed by atoms with Gasteiger partial charge in [0.1, 0.15) is 0 Å². The summed E-state index contributed by atoms with van der Waals surface area (Å²) in [5.74, 6) is -6.84. The van der Waals surface area contributed by atoms with E-state index in [0.717, 1.165) is 11.6 Å². The third-order valence-electron chi connectivity index (χ3n) is 3.97. The van der Waals surface area contributed by atoms with Crippen molar-refractivity contribution in [2.75, 3.05) is 10.2 Å². The molecule has 0 bridgehead atoms. The molecule has 0 fully saturated rings. The quantitative estimate of drug-likeness (QED) is 0.539. The number of para-hydroxylation sites is 1. The minimum Gasteiger partial charge on any atom is -0.315 e. The monoisotopic (exact) mass is 384 g/mol. The van der Waals surface area contributed by atoms with Crippen molar-refractivity contribution < 1.29 is 22.8 Å². The summed E-state index contributed by atoms with van der Waals surface area (Å²) in [5, 5.41) is 2.00. The second kappa shape index (κ2) is 8.39. The molecule has 4 nitrogen and oxygen atoms in total. The van der Waals surface area contributed by atoms with E-state index in [0.29, 0.717) is 11.8 Å². The van der Waals surface area contributed by atoms with Crippen molar-refractivity contribution in [2.45, 2.75) is 6.54 Å². The Morgan fingerprint density at radius 1 is 0.786 bits per heavy atom. The van der Waals surface area contributed by atoms with Crippen LogP contribution in [-0.4, -0.2) is 11.8 Å². The van der Waals surface area contributed by atoms with Gasteiger partial charge >= 0.3 is 11.8 Å². The molecule has 0 aliphatic rings. The Balaban J connectivity index is 1.86. The molecule has 3 aromatic carbocycles. The van der Waals surface area contributed by atoms with Gasteiger partial charge in [-0.3, -0.25) is 14.5 Å². The van der Waals surface area contributed by atoms with Gasteiger partial charge < -0.3 is 5.32 Å². The summed E-state index contributed by atoms with van der Waals surface area (Å²) < 4.78 is 40.2. The zero-order valence-corrected chi connectivity index (χ0v) is 14.5. The van der Waals surface area contributed by atoms with E-state index in [1.807, 2.05) is 11.4 Å². The van der Waals surface area contributed by atoms with Crippen LogP contribution in [0.4, 0.5) is 24.5 Å². The topological polar surface area (TPSA) is 49.4 Å². The summed E-state index contributed by atoms with van der Waals surface area (Å²) in [6.45, 7) is 0.0946. The highest BCUT2D eigenvalue weighted by Gasteiger charge is 2.25. The van der Waals surface area contributed by atoms with Gasteiger partial charge in [-0.1, -0.05) is 48.5 Å². The third kappa shape index (κ3) is 4.20. The average Bonchev–Trinajstić information content (AvgIpc) is 2.73. The van der Waals surface area contributed by atoms with Crippen LogP contribution in [0.5, 0.6) is 0 Å². The maximum Gasteiger partial charge on any atom is 0.316 e. The number of hydrogen-bond acceptors (Lipinski definition) is 2. The molecule has 142 valence electrons. The molecule has 3 aromatic rings. The molecule has 7 heteroatoms. The van der Waals surface area contributed by atoms with Gasteiger partial charge in [0.15, 0.2) is 17.5 Å². The van der Waals surface area contributed by atoms with Crippen molar-refractivity contribution in [1.29, 1.82) is 0 Å². The molecule has 0 unspecified atom stereocenters. The van der Waals surface area contributed by atoms with Crippen molar-refractivity contribution in [3.63, 3.8) is 0 Å². The molecule has 0 aromatic heterocycles. The first-order chi connectivity index (χ1) is 13.5. The molecule has 1 N–H and O–H groups in total. The number of carbonyl (C=O) groups is 2. The SMILES string of the molecule is O=C(Nc1ccc(F)c(F)c1F)C(=O)N(Cc1ccccc1)c1ccccc1. The zero-order valence-electron chi connectivity index (χ0n) is 14.5. The number of amides is 2. The lowest BCUT2D eigenvalue weighted by atomic mass is 10.2. The average molecular weight is 384 g/mol. The minimum absolute atomic E-state index is 0.0946. The third-order valence-corrected chi connectivity index (χ3v) is 3.97. The van der Waals surface area contributed by atoms with Crippen LogP contribution < -0.4 is 10.2 Å². The van der Waals surface area contributed by atoms with Crippen LogP contribution in [0.1, 0.15) is 5.56 Å². The van der Waals surface area contributed by atoms with Gasteiger partial charge in [0.2, 0.25) is 0 Å². The van der Waals surface area contributed by atoms with Gasteiger partial charge in [-0.25, -0.2) is 13.2 Å². The van der Waals surface area contributed by atoms with Gasteiger partial charge in [-0.15, -0.1) is 0 Å². The van der Waals surface area contributed by atoms with Crippen molar-refractivity contribution >= 4 is 23.2 Å². The normalized spacial score (nSPS) is 10.4. The molecule has 2 amide bonds. The summed E-state index contributed by atoms with van der Waals surface area (Å²) in [5.41, 5.74) is 0.605. The Hall–Kier alpha value is -3.61. The van der Waals surface area contributed by atoms with Gasteiger partial charge in [-0.05, 0) is 29.8 Å². The second-order valence-corrected chi connectivity index (χ2v) is 5.89. The maximum absolute atomic E-state index is 13.8. The van der Waals surface area contributed by atoms with Crippen LogP contribution in [0, 0.1) is 17.5 Å². The lowest BCUT2D eigenvalue weighted by molar-refractivity contribution is -0.134. The Labute approximate surface area is 159 Å². The van der Waals surface area contributed by atoms with Crippen molar-refractivity contribution in [3.05, 3.63) is 95.8 Å². The number of hydrogen-bond donors (Lipinski definition) is 1. The van der Waals surface area contributed by atoms with Crippen molar-refractivity contribution in [3.8, 4) is 0 Å². The highest BCUT2D eigenvalue weighted by molar-refractivity contribution is 6.44. The van der Waals surface area contributed by atoms with E-state index in [-0.39, 0.29) is 6.54 Å². The summed E-state index contributed by atoms with van der Waals surface area (Å²) in [7, 11) is 0. The van der Waals surface area contributed by atoms with Crippen LogP contribution in [-0.2, 0) is 16.1 Å². The number of nitrogens with zero attached hydrogens (tertiary/aromatic N) is 1. The number of anilines is 2. The summed E-state index contributed by atoms with van der Waals surface area (Å²) in [4.78, 5) is 26.3. The molecule has 0 aliphatic heterocycles. The number of halogens is 3. The summed E-state index contributed by atoms with van der Waals surface area (Å²) in [6, 6.07) is 18.9. The van der Waals surface area contributed by atoms with Crippen LogP contribution >= 0.6 is 0 Å². The standard InChI is InChI=1S/C21H15F3N2O2/c22-16-11-12-17(19(24)18(16)23)25-20(27)21(28)26(15-9-5-2-6-10-15)13-14-7-3-1-4-8-14/h1-12H,13H2,(H,25,27). The maximum atomic E-state index is 13.8. The first kappa shape index (κ1) is 19.2. The van der Waals surface area contributed by atoms with E-state index in [2.05, 4.69) is 0 Å². The molecular formula is C21H15F3N2O2. The molecule has 0 radical (unpaired) electrons. The van der Waals surface area contributed by atoms with E-state index < -0.39 is 35.0 Å². The van der Waals surface area contributed by atoms with Gasteiger partial charge in [0.05, 0.1) is 12.2 Å². The largest absolute Gasteiger partial charge is 0.316 e. The number of rotatable bonds is 4. The van der Waals surface area contributed by atoms with Crippen LogP contribution in [0.15, 0.2) is 72.8 Å². The van der Waals surface area contributed by atoms with Crippen LogP contribution in [0.25, 0.3) is 0 Å². The lowest BCUT2D eigenvalue weighted by Gasteiger charge is -2.22. The first-order valence-corrected chi connectivity index (χ1v) is 8.32. The summed E-state index contributed by atoms with van der Waals surface area (Å²) >= 11 is 0. The van der Waals surface area contributed by atoms with E-state index in [4.69, 9.17) is 0 Å². The second-order valence-electron chi connectivity index (χ2n) is 5.89. The van der Waals surface area contributed by atoms with Crippen LogP contribution in [0.3, 0.4) is 0 Å². The Bertz CT molecular complexity index is 995. The van der Waals surface area contributed by atoms with E-state index in [9.17, 15) is 22.8 Å². The molecule has 0 spiro atoms. The predicted octanol–water partition coefficient (Wildman–Crippen LogP) is 4.28. The van der Waals surface area contributed by atoms with Crippen molar-refractivity contribution in [1.82, 2.24) is 0 Å². The van der Waals surface area contributed by atoms with Crippen molar-refractivity contribution in [2.24, 2.45) is 0 Å². The Morgan fingerprint density at radius 2 is 1.39 bits per heavy atom. The minimum atomic E-state index is -1.73. The molecule has 28 heavy (non-hydrogen) atoms. The fourth-order valence-electron chi connectivity index (χ4n) is 2.58. The molecule has 3 rings (SSSR count). The van der Waals surface area contributed by atoms with E-state index >= 15 is 0 Å². The molecule has 0 saturated heterocycles. The molecule has 0 atom stereocenters. The van der Waals surface area contributed by atoms with E-state index in [1.165, 1.54) is 4.90 Å². The van der Waals surface area contributed by atoms with Crippen LogP contribution in [0.2, 0.25) is 0 Å². The molecule has 0 heterocycles. The highest BCUT2D eigenvalue weighted by Crippen LogP contribution is 2.21. The van der Waals surface area contributed by atoms with Gasteiger partial charge in [-0.2, -0.15) is 0 Å². The zero-order chi connectivity index (χ0) is 20.1. The van der Waals surface area contributed by atoms with Gasteiger partial charge in [0.25, 0.3) is 0 Å². The fraction of sp³-hybridized carbons (Fsp3) is 0.0476. The number of carbonyl (C=O) groups excluding carboxylic acids is 2. The smallest absolute Gasteiger partial charge is 0.315 e. The fourth-order valence-corrected chi connectivity index (χ4v) is 2.58. The Morgan fingerprint density at radius 3 is 2.04 bits per heavy atom. The molecule has 0 saturated carbocycles. The molecule has 0 aliphatic carbocycles.